The van der Waals surface area contributed by atoms with Gasteiger partial charge in [0, 0.05) is 30.7 Å². The molecule has 1 fully saturated rings. The highest BCUT2D eigenvalue weighted by atomic mass is 16.3. The van der Waals surface area contributed by atoms with Gasteiger partial charge < -0.3 is 10.4 Å². The predicted octanol–water partition coefficient (Wildman–Crippen LogP) is 2.15. The minimum absolute atomic E-state index is 0.377. The highest BCUT2D eigenvalue weighted by Crippen LogP contribution is 2.48. The minimum Gasteiger partial charge on any atom is -0.508 e. The average Bonchev–Trinajstić information content (AvgIpc) is 2.60. The summed E-state index contributed by atoms with van der Waals surface area (Å²) in [5, 5.41) is 13.5. The summed E-state index contributed by atoms with van der Waals surface area (Å²) < 4.78 is 0. The molecule has 0 aromatic heterocycles. The van der Waals surface area contributed by atoms with E-state index in [0.717, 1.165) is 19.5 Å². The molecule has 3 rings (SSSR count). The van der Waals surface area contributed by atoms with Gasteiger partial charge in [0.05, 0.1) is 0 Å². The van der Waals surface area contributed by atoms with Crippen LogP contribution in [-0.2, 0) is 0 Å². The summed E-state index contributed by atoms with van der Waals surface area (Å²) in [6.07, 6.45) is 1.13. The fourth-order valence-electron chi connectivity index (χ4n) is 3.49. The number of nitrogens with zero attached hydrogens (tertiary/aromatic N) is 1. The lowest BCUT2D eigenvalue weighted by molar-refractivity contribution is 0.123. The van der Waals surface area contributed by atoms with Crippen LogP contribution in [0.3, 0.4) is 0 Å². The summed E-state index contributed by atoms with van der Waals surface area (Å²) in [5.74, 6) is 1.02. The molecular weight excluding hydrogens is 224 g/mol. The first kappa shape index (κ1) is 12.0. The molecule has 3 nitrogen and oxygen atoms in total. The maximum atomic E-state index is 10.2. The molecule has 98 valence electrons. The zero-order valence-corrected chi connectivity index (χ0v) is 11.4. The zero-order chi connectivity index (χ0) is 12.9. The number of aromatic hydroxyl groups is 1. The van der Waals surface area contributed by atoms with Gasteiger partial charge in [-0.3, -0.25) is 4.90 Å². The van der Waals surface area contributed by atoms with Gasteiger partial charge in [-0.15, -0.1) is 0 Å². The molecule has 1 aliphatic carbocycles. The number of likely N-dealkylation sites (N-methyl/N-ethyl adjacent to an activating group) is 1. The van der Waals surface area contributed by atoms with E-state index in [-0.39, 0.29) is 0 Å². The van der Waals surface area contributed by atoms with Crippen LogP contribution in [0.25, 0.3) is 0 Å². The van der Waals surface area contributed by atoms with E-state index < -0.39 is 0 Å². The maximum Gasteiger partial charge on any atom is 0.120 e. The fourth-order valence-corrected chi connectivity index (χ4v) is 3.49. The number of phenolic OH excluding ortho intramolecular Hbond substituents is 1. The van der Waals surface area contributed by atoms with Crippen LogP contribution in [-0.4, -0.2) is 36.2 Å². The highest BCUT2D eigenvalue weighted by molar-refractivity contribution is 5.51. The molecular formula is C15H22N2O. The maximum absolute atomic E-state index is 10.2. The molecule has 1 heterocycles. The third-order valence-corrected chi connectivity index (χ3v) is 4.71. The molecule has 0 amide bonds. The molecule has 18 heavy (non-hydrogen) atoms. The van der Waals surface area contributed by atoms with E-state index in [1.165, 1.54) is 16.7 Å². The van der Waals surface area contributed by atoms with E-state index in [1.54, 1.807) is 0 Å². The monoisotopic (exact) mass is 246 g/mol. The second kappa shape index (κ2) is 4.25. The van der Waals surface area contributed by atoms with Crippen molar-refractivity contribution in [3.8, 4) is 5.75 Å². The van der Waals surface area contributed by atoms with Crippen molar-refractivity contribution in [1.29, 1.82) is 0 Å². The lowest BCUT2D eigenvalue weighted by Gasteiger charge is -2.39. The smallest absolute Gasteiger partial charge is 0.120 e. The van der Waals surface area contributed by atoms with Crippen LogP contribution < -0.4 is 5.32 Å². The van der Waals surface area contributed by atoms with E-state index in [9.17, 15) is 5.11 Å². The first-order valence-electron chi connectivity index (χ1n) is 6.84. The van der Waals surface area contributed by atoms with Crippen molar-refractivity contribution in [2.24, 2.45) is 0 Å². The van der Waals surface area contributed by atoms with Crippen molar-refractivity contribution in [2.45, 2.75) is 38.3 Å². The number of nitrogens with one attached hydrogen (secondary N) is 1. The molecule has 0 bridgehead atoms. The summed E-state index contributed by atoms with van der Waals surface area (Å²) in [4.78, 5) is 2.44. The quantitative estimate of drug-likeness (QED) is 0.839. The summed E-state index contributed by atoms with van der Waals surface area (Å²) in [7, 11) is 2.19. The first-order chi connectivity index (χ1) is 8.59. The van der Waals surface area contributed by atoms with Gasteiger partial charge in [0.2, 0.25) is 0 Å². The van der Waals surface area contributed by atoms with Crippen LogP contribution in [0.1, 0.15) is 42.0 Å². The molecule has 1 aromatic carbocycles. The summed E-state index contributed by atoms with van der Waals surface area (Å²) in [6, 6.07) is 4.89. The average molecular weight is 246 g/mol. The third kappa shape index (κ3) is 1.65. The van der Waals surface area contributed by atoms with Crippen molar-refractivity contribution < 1.29 is 5.11 Å². The van der Waals surface area contributed by atoms with E-state index in [4.69, 9.17) is 0 Å². The van der Waals surface area contributed by atoms with Gasteiger partial charge in [0.25, 0.3) is 0 Å². The molecule has 2 atom stereocenters. The Kier molecular flexibility index (Phi) is 2.83. The molecule has 2 aliphatic rings. The van der Waals surface area contributed by atoms with Crippen LogP contribution in [0.2, 0.25) is 0 Å². The number of fused-ring (bicyclic) bond motifs is 1. The van der Waals surface area contributed by atoms with Crippen LogP contribution in [0, 0.1) is 6.92 Å². The molecule has 1 aromatic rings. The molecule has 2 unspecified atom stereocenters. The van der Waals surface area contributed by atoms with Gasteiger partial charge in [0.1, 0.15) is 5.75 Å². The Hall–Kier alpha value is -1.06. The van der Waals surface area contributed by atoms with Crippen LogP contribution >= 0.6 is 0 Å². The number of aryl methyl sites for hydroxylation is 1. The normalized spacial score (nSPS) is 27.3. The van der Waals surface area contributed by atoms with Crippen molar-refractivity contribution in [2.75, 3.05) is 20.1 Å². The molecule has 3 heteroatoms. The van der Waals surface area contributed by atoms with Crippen LogP contribution in [0.15, 0.2) is 12.1 Å². The highest BCUT2D eigenvalue weighted by Gasteiger charge is 2.37. The third-order valence-electron chi connectivity index (χ3n) is 4.71. The topological polar surface area (TPSA) is 35.5 Å². The van der Waals surface area contributed by atoms with Crippen LogP contribution in [0.4, 0.5) is 0 Å². The van der Waals surface area contributed by atoms with Crippen LogP contribution in [0.5, 0.6) is 5.75 Å². The SMILES string of the molecule is Cc1ccc(O)c2c1C(C)CC2N(C)C1CNC1. The number of benzene rings is 1. The van der Waals surface area contributed by atoms with E-state index in [2.05, 4.69) is 31.1 Å². The molecule has 0 radical (unpaired) electrons. The zero-order valence-electron chi connectivity index (χ0n) is 11.4. The van der Waals surface area contributed by atoms with Crippen molar-refractivity contribution in [3.63, 3.8) is 0 Å². The van der Waals surface area contributed by atoms with Gasteiger partial charge >= 0.3 is 0 Å². The van der Waals surface area contributed by atoms with Crippen molar-refractivity contribution >= 4 is 0 Å². The van der Waals surface area contributed by atoms with E-state index >= 15 is 0 Å². The standard InChI is InChI=1S/C15H22N2O/c1-9-4-5-13(18)15-12(6-10(2)14(9)15)17(3)11-7-16-8-11/h4-5,10-12,16,18H,6-8H2,1-3H3. The van der Waals surface area contributed by atoms with E-state index in [1.807, 2.05) is 12.1 Å². The first-order valence-corrected chi connectivity index (χ1v) is 6.84. The predicted molar refractivity (Wildman–Crippen MR) is 73.0 cm³/mol. The number of hydrogen-bond donors (Lipinski definition) is 2. The second-order valence-corrected chi connectivity index (χ2v) is 5.86. The summed E-state index contributed by atoms with van der Waals surface area (Å²) in [6.45, 7) is 6.58. The van der Waals surface area contributed by atoms with Crippen molar-refractivity contribution in [1.82, 2.24) is 10.2 Å². The molecule has 1 saturated heterocycles. The number of rotatable bonds is 2. The molecule has 1 aliphatic heterocycles. The van der Waals surface area contributed by atoms with Crippen molar-refractivity contribution in [3.05, 3.63) is 28.8 Å². The minimum atomic E-state index is 0.377. The summed E-state index contributed by atoms with van der Waals surface area (Å²) in [5.41, 5.74) is 3.87. The van der Waals surface area contributed by atoms with E-state index in [0.29, 0.717) is 23.8 Å². The Balaban J connectivity index is 1.99. The van der Waals surface area contributed by atoms with Gasteiger partial charge in [-0.2, -0.15) is 0 Å². The number of phenols is 1. The Morgan fingerprint density at radius 3 is 2.61 bits per heavy atom. The number of hydrogen-bond acceptors (Lipinski definition) is 3. The Morgan fingerprint density at radius 2 is 2.00 bits per heavy atom. The van der Waals surface area contributed by atoms with Gasteiger partial charge in [-0.1, -0.05) is 13.0 Å². The Bertz CT molecular complexity index is 468. The Labute approximate surface area is 109 Å². The summed E-state index contributed by atoms with van der Waals surface area (Å²) >= 11 is 0. The molecule has 2 N–H and O–H groups in total. The van der Waals surface area contributed by atoms with Gasteiger partial charge in [-0.25, -0.2) is 0 Å². The molecule has 0 spiro atoms. The van der Waals surface area contributed by atoms with Gasteiger partial charge in [0.15, 0.2) is 0 Å². The fraction of sp³-hybridized carbons (Fsp3) is 0.600. The molecule has 0 saturated carbocycles. The lowest BCUT2D eigenvalue weighted by atomic mass is 9.97. The lowest BCUT2D eigenvalue weighted by Crippen LogP contribution is -2.56. The Morgan fingerprint density at radius 1 is 1.28 bits per heavy atom. The largest absolute Gasteiger partial charge is 0.508 e. The second-order valence-electron chi connectivity index (χ2n) is 5.86. The van der Waals surface area contributed by atoms with Gasteiger partial charge in [-0.05, 0) is 43.5 Å².